The van der Waals surface area contributed by atoms with Crippen molar-refractivity contribution in [2.45, 2.75) is 59.2 Å². The molecule has 220 valence electrons. The Kier molecular flexibility index (Phi) is 10.5. The number of hydrogen-bond acceptors (Lipinski definition) is 9. The van der Waals surface area contributed by atoms with E-state index < -0.39 is 24.4 Å². The molecule has 3 aromatic rings. The van der Waals surface area contributed by atoms with Crippen LogP contribution in [0.15, 0.2) is 24.3 Å². The number of nitrogens with zero attached hydrogens (tertiary/aromatic N) is 4. The standard InChI is InChI=1S/C27H37F3N6O3S/c1-6-18(15-36(13-14-37)25(38)39-26(3,4)5)11-12-31-22-21(23-34-19-9-7-8-10-20(19)40-23)17(2)33-24(35-22)32-16-27(28,29)30/h7-10,18,37H,6,11-16H2,1-5H3,(H2,31,32,33,35). The normalized spacial score (nSPS) is 12.8. The molecule has 2 heterocycles. The molecule has 9 nitrogen and oxygen atoms in total. The minimum absolute atomic E-state index is 0.0724. The Labute approximate surface area is 236 Å². The maximum absolute atomic E-state index is 12.8. The molecular formula is C27H37F3N6O3S. The van der Waals surface area contributed by atoms with Gasteiger partial charge in [-0.25, -0.2) is 14.8 Å². The molecule has 1 unspecified atom stereocenters. The van der Waals surface area contributed by atoms with Gasteiger partial charge in [-0.05, 0) is 52.2 Å². The Hall–Kier alpha value is -3.19. The molecule has 0 aliphatic heterocycles. The molecule has 0 aliphatic carbocycles. The number of anilines is 2. The lowest BCUT2D eigenvalue weighted by atomic mass is 10.0. The van der Waals surface area contributed by atoms with E-state index in [1.165, 1.54) is 16.2 Å². The molecule has 3 N–H and O–H groups in total. The number of rotatable bonds is 12. The highest BCUT2D eigenvalue weighted by Crippen LogP contribution is 2.36. The van der Waals surface area contributed by atoms with Crippen LogP contribution in [-0.2, 0) is 4.74 Å². The first kappa shape index (κ1) is 31.3. The summed E-state index contributed by atoms with van der Waals surface area (Å²) in [6, 6.07) is 7.65. The number of nitrogens with one attached hydrogen (secondary N) is 2. The number of carbonyl (C=O) groups excluding carboxylic acids is 1. The number of ether oxygens (including phenoxy) is 1. The molecule has 2 aromatic heterocycles. The second-order valence-corrected chi connectivity index (χ2v) is 11.5. The van der Waals surface area contributed by atoms with E-state index in [0.717, 1.165) is 16.6 Å². The molecule has 0 saturated carbocycles. The number of aryl methyl sites for hydroxylation is 1. The molecule has 0 fully saturated rings. The van der Waals surface area contributed by atoms with Gasteiger partial charge in [0.25, 0.3) is 0 Å². The predicted octanol–water partition coefficient (Wildman–Crippen LogP) is 6.09. The van der Waals surface area contributed by atoms with Crippen molar-refractivity contribution < 1.29 is 27.8 Å². The lowest BCUT2D eigenvalue weighted by Crippen LogP contribution is -2.41. The number of fused-ring (bicyclic) bond motifs is 1. The van der Waals surface area contributed by atoms with Crippen LogP contribution < -0.4 is 10.6 Å². The first-order valence-corrected chi connectivity index (χ1v) is 14.0. The minimum atomic E-state index is -4.42. The van der Waals surface area contributed by atoms with Crippen molar-refractivity contribution in [1.29, 1.82) is 0 Å². The van der Waals surface area contributed by atoms with E-state index in [0.29, 0.717) is 41.6 Å². The average Bonchev–Trinajstić information content (AvgIpc) is 3.28. The molecule has 3 rings (SSSR count). The van der Waals surface area contributed by atoms with Crippen LogP contribution in [0.2, 0.25) is 0 Å². The Bertz CT molecular complexity index is 1250. The van der Waals surface area contributed by atoms with Crippen LogP contribution in [0, 0.1) is 12.8 Å². The van der Waals surface area contributed by atoms with Crippen LogP contribution in [0.5, 0.6) is 0 Å². The number of thiazole rings is 1. The zero-order chi connectivity index (χ0) is 29.5. The van der Waals surface area contributed by atoms with Gasteiger partial charge in [-0.1, -0.05) is 25.5 Å². The summed E-state index contributed by atoms with van der Waals surface area (Å²) in [4.78, 5) is 27.5. The van der Waals surface area contributed by atoms with Crippen molar-refractivity contribution in [2.24, 2.45) is 5.92 Å². The second kappa shape index (κ2) is 13.4. The molecule has 0 saturated heterocycles. The van der Waals surface area contributed by atoms with Gasteiger partial charge < -0.3 is 25.4 Å². The quantitative estimate of drug-likeness (QED) is 0.235. The van der Waals surface area contributed by atoms with E-state index in [1.807, 2.05) is 31.2 Å². The number of aliphatic hydroxyl groups excluding tert-OH is 1. The highest BCUT2D eigenvalue weighted by Gasteiger charge is 2.28. The Balaban J connectivity index is 1.81. The maximum Gasteiger partial charge on any atom is 0.410 e. The number of para-hydroxylation sites is 1. The van der Waals surface area contributed by atoms with Gasteiger partial charge in [0.05, 0.1) is 28.1 Å². The number of alkyl halides is 3. The second-order valence-electron chi connectivity index (χ2n) is 10.5. The van der Waals surface area contributed by atoms with Crippen molar-refractivity contribution in [2.75, 3.05) is 43.4 Å². The summed E-state index contributed by atoms with van der Waals surface area (Å²) in [6.07, 6.45) is -3.51. The number of aliphatic hydroxyl groups is 1. The van der Waals surface area contributed by atoms with Crippen molar-refractivity contribution in [1.82, 2.24) is 19.9 Å². The third-order valence-corrected chi connectivity index (χ3v) is 7.02. The molecule has 1 atom stereocenters. The Morgan fingerprint density at radius 3 is 2.50 bits per heavy atom. The number of amides is 1. The topological polar surface area (TPSA) is 113 Å². The first-order chi connectivity index (χ1) is 18.8. The maximum atomic E-state index is 12.8. The summed E-state index contributed by atoms with van der Waals surface area (Å²) < 4.78 is 45.0. The van der Waals surface area contributed by atoms with Crippen molar-refractivity contribution in [3.05, 3.63) is 30.0 Å². The third kappa shape index (κ3) is 9.19. The van der Waals surface area contributed by atoms with Gasteiger partial charge in [-0.3, -0.25) is 0 Å². The van der Waals surface area contributed by atoms with Crippen LogP contribution in [-0.4, -0.2) is 75.6 Å². The molecule has 0 radical (unpaired) electrons. The van der Waals surface area contributed by atoms with E-state index in [2.05, 4.69) is 20.6 Å². The van der Waals surface area contributed by atoms with Crippen LogP contribution >= 0.6 is 11.3 Å². The fraction of sp³-hybridized carbons (Fsp3) is 0.556. The number of carbonyl (C=O) groups is 1. The zero-order valence-corrected chi connectivity index (χ0v) is 24.2. The molecule has 0 spiro atoms. The van der Waals surface area contributed by atoms with Crippen molar-refractivity contribution in [3.63, 3.8) is 0 Å². The third-order valence-electron chi connectivity index (χ3n) is 5.97. The molecule has 1 aromatic carbocycles. The van der Waals surface area contributed by atoms with E-state index in [1.54, 1.807) is 27.7 Å². The fourth-order valence-corrected chi connectivity index (χ4v) is 5.09. The van der Waals surface area contributed by atoms with Gasteiger partial charge >= 0.3 is 12.3 Å². The molecule has 13 heteroatoms. The fourth-order valence-electron chi connectivity index (χ4n) is 4.03. The smallest absolute Gasteiger partial charge is 0.410 e. The van der Waals surface area contributed by atoms with Crippen molar-refractivity contribution >= 4 is 39.4 Å². The van der Waals surface area contributed by atoms with Gasteiger partial charge in [0.1, 0.15) is 23.0 Å². The molecule has 0 bridgehead atoms. The molecular weight excluding hydrogens is 545 g/mol. The van der Waals surface area contributed by atoms with E-state index >= 15 is 0 Å². The molecule has 1 amide bonds. The predicted molar refractivity (Wildman–Crippen MR) is 152 cm³/mol. The summed E-state index contributed by atoms with van der Waals surface area (Å²) in [5, 5.41) is 15.7. The number of aromatic nitrogens is 3. The van der Waals surface area contributed by atoms with E-state index in [9.17, 15) is 23.1 Å². The van der Waals surface area contributed by atoms with Crippen LogP contribution in [0.3, 0.4) is 0 Å². The molecule has 0 aliphatic rings. The minimum Gasteiger partial charge on any atom is -0.444 e. The number of halogens is 3. The van der Waals surface area contributed by atoms with Gasteiger partial charge in [0, 0.05) is 19.6 Å². The highest BCUT2D eigenvalue weighted by atomic mass is 32.1. The number of benzene rings is 1. The van der Waals surface area contributed by atoms with E-state index in [4.69, 9.17) is 9.72 Å². The van der Waals surface area contributed by atoms with Crippen LogP contribution in [0.4, 0.5) is 29.7 Å². The van der Waals surface area contributed by atoms with Crippen LogP contribution in [0.1, 0.15) is 46.2 Å². The first-order valence-electron chi connectivity index (χ1n) is 13.2. The summed E-state index contributed by atoms with van der Waals surface area (Å²) in [7, 11) is 0. The summed E-state index contributed by atoms with van der Waals surface area (Å²) >= 11 is 1.45. The summed E-state index contributed by atoms with van der Waals surface area (Å²) in [5.74, 6) is 0.321. The zero-order valence-electron chi connectivity index (χ0n) is 23.4. The number of hydrogen-bond donors (Lipinski definition) is 3. The largest absolute Gasteiger partial charge is 0.444 e. The average molecular weight is 583 g/mol. The van der Waals surface area contributed by atoms with Crippen molar-refractivity contribution in [3.8, 4) is 10.6 Å². The van der Waals surface area contributed by atoms with Gasteiger partial charge in [0.15, 0.2) is 0 Å². The summed E-state index contributed by atoms with van der Waals surface area (Å²) in [6.45, 7) is 8.62. The SMILES string of the molecule is CCC(CCNc1nc(NCC(F)(F)F)nc(C)c1-c1nc2ccccc2s1)CN(CCO)C(=O)OC(C)(C)C. The lowest BCUT2D eigenvalue weighted by molar-refractivity contribution is -0.115. The lowest BCUT2D eigenvalue weighted by Gasteiger charge is -2.29. The summed E-state index contributed by atoms with van der Waals surface area (Å²) in [5.41, 5.74) is 1.27. The molecule has 40 heavy (non-hydrogen) atoms. The Morgan fingerprint density at radius 1 is 1.15 bits per heavy atom. The van der Waals surface area contributed by atoms with E-state index in [-0.39, 0.29) is 25.0 Å². The Morgan fingerprint density at radius 2 is 1.88 bits per heavy atom. The van der Waals surface area contributed by atoms with Crippen LogP contribution in [0.25, 0.3) is 20.8 Å². The monoisotopic (exact) mass is 582 g/mol. The van der Waals surface area contributed by atoms with Gasteiger partial charge in [-0.15, -0.1) is 11.3 Å². The highest BCUT2D eigenvalue weighted by molar-refractivity contribution is 7.21. The van der Waals surface area contributed by atoms with Gasteiger partial charge in [0.2, 0.25) is 5.95 Å². The van der Waals surface area contributed by atoms with Gasteiger partial charge in [-0.2, -0.15) is 18.2 Å².